The maximum atomic E-state index is 12.9. The van der Waals surface area contributed by atoms with Crippen molar-refractivity contribution in [1.82, 2.24) is 25.0 Å². The van der Waals surface area contributed by atoms with Crippen LogP contribution in [0.25, 0.3) is 11.3 Å². The Morgan fingerprint density at radius 1 is 1.25 bits per heavy atom. The molecule has 0 bridgehead atoms. The lowest BCUT2D eigenvalue weighted by molar-refractivity contribution is -0.132. The van der Waals surface area contributed by atoms with Crippen LogP contribution in [-0.4, -0.2) is 49.5 Å². The highest BCUT2D eigenvalue weighted by Crippen LogP contribution is 2.34. The number of imide groups is 1. The van der Waals surface area contributed by atoms with Crippen molar-refractivity contribution in [3.8, 4) is 11.3 Å². The fraction of sp³-hybridized carbons (Fsp3) is 0.450. The molecule has 0 radical (unpaired) electrons. The average Bonchev–Trinajstić information content (AvgIpc) is 3.11. The molecular formula is C20H23N5O3. The maximum absolute atomic E-state index is 12.9. The van der Waals surface area contributed by atoms with Crippen LogP contribution >= 0.6 is 0 Å². The second-order valence-electron chi connectivity index (χ2n) is 7.57. The number of nitrogens with zero attached hydrogens (tertiary/aromatic N) is 4. The van der Waals surface area contributed by atoms with Gasteiger partial charge in [-0.25, -0.2) is 4.79 Å². The molecule has 1 N–H and O–H groups in total. The van der Waals surface area contributed by atoms with Gasteiger partial charge in [-0.1, -0.05) is 19.3 Å². The summed E-state index contributed by atoms with van der Waals surface area (Å²) in [4.78, 5) is 43.4. The van der Waals surface area contributed by atoms with Gasteiger partial charge in [0.05, 0.1) is 12.2 Å². The van der Waals surface area contributed by atoms with Crippen molar-refractivity contribution in [2.24, 2.45) is 7.05 Å². The second kappa shape index (κ2) is 6.85. The highest BCUT2D eigenvalue weighted by molar-refractivity contribution is 6.11. The fourth-order valence-corrected chi connectivity index (χ4v) is 4.33. The molecule has 1 saturated carbocycles. The third-order valence-electron chi connectivity index (χ3n) is 5.74. The van der Waals surface area contributed by atoms with Gasteiger partial charge in [0.2, 0.25) is 5.78 Å². The molecule has 3 heterocycles. The highest BCUT2D eigenvalue weighted by Gasteiger charge is 2.51. The standard InChI is InChI=1S/C20H23N5O3/c1-13-16(23-24(2)17(13)14-7-6-10-21-11-14)15(26)12-25-18(27)20(22-19(25)28)8-4-3-5-9-20/h6-7,10-11H,3-5,8-9,12H2,1-2H3,(H,22,28). The smallest absolute Gasteiger partial charge is 0.323 e. The van der Waals surface area contributed by atoms with E-state index in [9.17, 15) is 14.4 Å². The van der Waals surface area contributed by atoms with Gasteiger partial charge in [-0.3, -0.25) is 24.2 Å². The Balaban J connectivity index is 1.58. The van der Waals surface area contributed by atoms with Crippen LogP contribution in [0.4, 0.5) is 4.79 Å². The lowest BCUT2D eigenvalue weighted by Gasteiger charge is -2.30. The number of amides is 3. The zero-order valence-electron chi connectivity index (χ0n) is 16.1. The SMILES string of the molecule is Cc1c(C(=O)CN2C(=O)NC3(CCCCC3)C2=O)nn(C)c1-c1cccnc1. The largest absolute Gasteiger partial charge is 0.325 e. The summed E-state index contributed by atoms with van der Waals surface area (Å²) < 4.78 is 1.63. The number of hydrogen-bond donors (Lipinski definition) is 1. The van der Waals surface area contributed by atoms with Gasteiger partial charge in [0.1, 0.15) is 11.2 Å². The van der Waals surface area contributed by atoms with Crippen molar-refractivity contribution in [2.75, 3.05) is 6.54 Å². The van der Waals surface area contributed by atoms with E-state index < -0.39 is 11.6 Å². The third kappa shape index (κ3) is 2.89. The molecule has 2 fully saturated rings. The monoisotopic (exact) mass is 381 g/mol. The summed E-state index contributed by atoms with van der Waals surface area (Å²) in [6.07, 6.45) is 7.53. The first kappa shape index (κ1) is 18.3. The highest BCUT2D eigenvalue weighted by atomic mass is 16.2. The molecule has 4 rings (SSSR count). The third-order valence-corrected chi connectivity index (χ3v) is 5.74. The van der Waals surface area contributed by atoms with Gasteiger partial charge in [-0.2, -0.15) is 5.10 Å². The molecule has 2 aromatic heterocycles. The molecule has 1 aliphatic carbocycles. The van der Waals surface area contributed by atoms with Gasteiger partial charge in [-0.05, 0) is 31.9 Å². The molecule has 2 aromatic rings. The predicted octanol–water partition coefficient (Wildman–Crippen LogP) is 2.23. The Bertz CT molecular complexity index is 944. The number of nitrogens with one attached hydrogen (secondary N) is 1. The molecule has 8 nitrogen and oxygen atoms in total. The van der Waals surface area contributed by atoms with E-state index in [0.29, 0.717) is 18.4 Å². The topological polar surface area (TPSA) is 97.2 Å². The van der Waals surface area contributed by atoms with Crippen LogP contribution in [0, 0.1) is 6.92 Å². The number of pyridine rings is 1. The van der Waals surface area contributed by atoms with Crippen LogP contribution in [0.5, 0.6) is 0 Å². The van der Waals surface area contributed by atoms with Gasteiger partial charge in [0.25, 0.3) is 5.91 Å². The lowest BCUT2D eigenvalue weighted by Crippen LogP contribution is -2.48. The summed E-state index contributed by atoms with van der Waals surface area (Å²) in [5.74, 6) is -0.633. The van der Waals surface area contributed by atoms with Gasteiger partial charge in [0, 0.05) is 30.6 Å². The van der Waals surface area contributed by atoms with Crippen molar-refractivity contribution in [3.05, 3.63) is 35.8 Å². The van der Waals surface area contributed by atoms with E-state index in [0.717, 1.165) is 35.4 Å². The first-order valence-electron chi connectivity index (χ1n) is 9.54. The summed E-state index contributed by atoms with van der Waals surface area (Å²) in [5, 5.41) is 7.19. The van der Waals surface area contributed by atoms with Crippen LogP contribution in [-0.2, 0) is 11.8 Å². The number of carbonyl (C=O) groups is 3. The minimum atomic E-state index is -0.824. The number of ketones is 1. The molecule has 0 unspecified atom stereocenters. The van der Waals surface area contributed by atoms with E-state index in [4.69, 9.17) is 0 Å². The molecule has 3 amide bonds. The summed E-state index contributed by atoms with van der Waals surface area (Å²) in [6, 6.07) is 3.23. The van der Waals surface area contributed by atoms with Crippen molar-refractivity contribution < 1.29 is 14.4 Å². The molecule has 0 aromatic carbocycles. The molecule has 0 atom stereocenters. The van der Waals surface area contributed by atoms with Crippen molar-refractivity contribution in [3.63, 3.8) is 0 Å². The zero-order chi connectivity index (χ0) is 19.9. The Morgan fingerprint density at radius 3 is 2.68 bits per heavy atom. The van der Waals surface area contributed by atoms with Crippen molar-refractivity contribution >= 4 is 17.7 Å². The molecule has 2 aliphatic rings. The number of hydrogen-bond acceptors (Lipinski definition) is 5. The quantitative estimate of drug-likeness (QED) is 0.647. The summed E-state index contributed by atoms with van der Waals surface area (Å²) >= 11 is 0. The summed E-state index contributed by atoms with van der Waals surface area (Å²) in [5.41, 5.74) is 1.80. The number of carbonyl (C=O) groups excluding carboxylic acids is 3. The molecule has 1 spiro atoms. The Labute approximate surface area is 162 Å². The van der Waals surface area contributed by atoms with E-state index in [1.165, 1.54) is 0 Å². The van der Waals surface area contributed by atoms with E-state index in [2.05, 4.69) is 15.4 Å². The molecule has 28 heavy (non-hydrogen) atoms. The lowest BCUT2D eigenvalue weighted by atomic mass is 9.82. The summed E-state index contributed by atoms with van der Waals surface area (Å²) in [7, 11) is 1.76. The number of urea groups is 1. The molecular weight excluding hydrogens is 358 g/mol. The van der Waals surface area contributed by atoms with Gasteiger partial charge < -0.3 is 5.32 Å². The van der Waals surface area contributed by atoms with Crippen LogP contribution < -0.4 is 5.32 Å². The normalized spacial score (nSPS) is 18.6. The molecule has 1 aliphatic heterocycles. The van der Waals surface area contributed by atoms with Crippen LogP contribution in [0.2, 0.25) is 0 Å². The number of Topliss-reactive ketones (excluding diaryl/α,β-unsaturated/α-hetero) is 1. The van der Waals surface area contributed by atoms with Crippen LogP contribution in [0.3, 0.4) is 0 Å². The Morgan fingerprint density at radius 2 is 2.00 bits per heavy atom. The number of aromatic nitrogens is 3. The van der Waals surface area contributed by atoms with Gasteiger partial charge in [0.15, 0.2) is 0 Å². The van der Waals surface area contributed by atoms with E-state index in [-0.39, 0.29) is 23.9 Å². The zero-order valence-corrected chi connectivity index (χ0v) is 16.1. The van der Waals surface area contributed by atoms with Gasteiger partial charge in [-0.15, -0.1) is 0 Å². The first-order chi connectivity index (χ1) is 13.4. The predicted molar refractivity (Wildman–Crippen MR) is 102 cm³/mol. The van der Waals surface area contributed by atoms with Crippen molar-refractivity contribution in [1.29, 1.82) is 0 Å². The minimum Gasteiger partial charge on any atom is -0.323 e. The van der Waals surface area contributed by atoms with E-state index in [1.54, 1.807) is 24.1 Å². The van der Waals surface area contributed by atoms with Gasteiger partial charge >= 0.3 is 6.03 Å². The Kier molecular flexibility index (Phi) is 4.49. The Hall–Kier alpha value is -3.03. The number of aryl methyl sites for hydroxylation is 1. The molecule has 146 valence electrons. The van der Waals surface area contributed by atoms with Crippen molar-refractivity contribution in [2.45, 2.75) is 44.6 Å². The molecule has 1 saturated heterocycles. The van der Waals surface area contributed by atoms with Crippen LogP contribution in [0.15, 0.2) is 24.5 Å². The first-order valence-corrected chi connectivity index (χ1v) is 9.54. The van der Waals surface area contributed by atoms with E-state index >= 15 is 0 Å². The fourth-order valence-electron chi connectivity index (χ4n) is 4.33. The summed E-state index contributed by atoms with van der Waals surface area (Å²) in [6.45, 7) is 1.52. The maximum Gasteiger partial charge on any atom is 0.325 e. The minimum absolute atomic E-state index is 0.270. The number of rotatable bonds is 4. The average molecular weight is 381 g/mol. The second-order valence-corrected chi connectivity index (χ2v) is 7.57. The molecule has 8 heteroatoms. The van der Waals surface area contributed by atoms with Crippen LogP contribution in [0.1, 0.15) is 48.2 Å². The van der Waals surface area contributed by atoms with E-state index in [1.807, 2.05) is 19.1 Å².